The largest absolute Gasteiger partial charge is 2.00 e. The van der Waals surface area contributed by atoms with Crippen molar-refractivity contribution in [3.05, 3.63) is 35.9 Å². The molecule has 2 nitrogen and oxygen atoms in total. The fraction of sp³-hybridized carbons (Fsp3) is 0.222. The zero-order chi connectivity index (χ0) is 8.10. The van der Waals surface area contributed by atoms with Gasteiger partial charge in [-0.25, -0.2) is 4.79 Å². The fourth-order valence-corrected chi connectivity index (χ4v) is 0.737. The average Bonchev–Trinajstić information content (AvgIpc) is 2.07. The minimum atomic E-state index is -0.276. The summed E-state index contributed by atoms with van der Waals surface area (Å²) in [5.41, 5.74) is 0.575. The molecule has 0 bridgehead atoms. The molecule has 0 aromatic heterocycles. The summed E-state index contributed by atoms with van der Waals surface area (Å²) in [6, 6.07) is 9.55. The van der Waals surface area contributed by atoms with Gasteiger partial charge in [0.25, 0.3) is 0 Å². The molecule has 0 radical (unpaired) electrons. The minimum absolute atomic E-state index is 0. The maximum absolute atomic E-state index is 11.0. The third-order valence-corrected chi connectivity index (χ3v) is 1.23. The number of benzene rings is 1. The second kappa shape index (κ2) is 8.39. The van der Waals surface area contributed by atoms with Crippen LogP contribution in [0.25, 0.3) is 0 Å². The average molecular weight is 294 g/mol. The first-order valence-electron chi connectivity index (χ1n) is 3.48. The number of hydrogen-bond donors (Lipinski definition) is 0. The van der Waals surface area contributed by atoms with Gasteiger partial charge < -0.3 is 21.7 Å². The van der Waals surface area contributed by atoms with Crippen molar-refractivity contribution in [2.75, 3.05) is 6.61 Å². The molecule has 66 valence electrons. The maximum atomic E-state index is 11.0. The van der Waals surface area contributed by atoms with E-state index in [1.807, 2.05) is 0 Å². The molecule has 4 heteroatoms. The van der Waals surface area contributed by atoms with E-state index < -0.39 is 0 Å². The van der Waals surface area contributed by atoms with Crippen LogP contribution in [0.5, 0.6) is 0 Å². The Hall–Kier alpha value is -0.207. The van der Waals surface area contributed by atoms with E-state index in [0.29, 0.717) is 12.2 Å². The standard InChI is InChI=1S/C9H9O2.BrH.Zn/c1-2-11-9(10)8-6-4-3-5-7-8;;/h4-7H,2H2,1H3;1H;/q-1;;+2/p-1. The number of hydrogen-bond acceptors (Lipinski definition) is 2. The Morgan fingerprint density at radius 2 is 2.00 bits per heavy atom. The van der Waals surface area contributed by atoms with Crippen molar-refractivity contribution in [2.24, 2.45) is 0 Å². The number of carbonyl (C=O) groups excluding carboxylic acids is 1. The number of ether oxygens (including phenoxy) is 1. The summed E-state index contributed by atoms with van der Waals surface area (Å²) < 4.78 is 4.78. The molecule has 0 amide bonds. The van der Waals surface area contributed by atoms with Gasteiger partial charge in [0.2, 0.25) is 0 Å². The van der Waals surface area contributed by atoms with Gasteiger partial charge in [-0.05, 0) is 12.5 Å². The number of esters is 1. The Labute approximate surface area is 101 Å². The molecule has 0 saturated heterocycles. The van der Waals surface area contributed by atoms with E-state index in [-0.39, 0.29) is 42.4 Å². The first-order chi connectivity index (χ1) is 5.34. The molecule has 1 aromatic rings. The van der Waals surface area contributed by atoms with E-state index in [4.69, 9.17) is 4.74 Å². The molecular weight excluding hydrogens is 285 g/mol. The van der Waals surface area contributed by atoms with Crippen LogP contribution in [-0.4, -0.2) is 12.6 Å². The van der Waals surface area contributed by atoms with E-state index >= 15 is 0 Å². The molecule has 0 atom stereocenters. The van der Waals surface area contributed by atoms with Crippen LogP contribution in [0, 0.1) is 6.07 Å². The van der Waals surface area contributed by atoms with Crippen LogP contribution in [0.3, 0.4) is 0 Å². The Kier molecular flexibility index (Phi) is 9.86. The van der Waals surface area contributed by atoms with Crippen molar-refractivity contribution in [3.8, 4) is 0 Å². The fourth-order valence-electron chi connectivity index (χ4n) is 0.737. The Morgan fingerprint density at radius 3 is 2.46 bits per heavy atom. The molecular formula is C9H9BrO2Zn. The summed E-state index contributed by atoms with van der Waals surface area (Å²) >= 11 is 0. The molecule has 0 aliphatic heterocycles. The van der Waals surface area contributed by atoms with Crippen LogP contribution < -0.4 is 17.0 Å². The SMILES string of the molecule is CCOC(=O)c1cc[c-]cc1.[Br-].[Zn+2]. The van der Waals surface area contributed by atoms with Gasteiger partial charge in [-0.1, -0.05) is 0 Å². The zero-order valence-electron chi connectivity index (χ0n) is 7.42. The van der Waals surface area contributed by atoms with Gasteiger partial charge in [0, 0.05) is 0 Å². The molecule has 0 aliphatic carbocycles. The monoisotopic (exact) mass is 292 g/mol. The van der Waals surface area contributed by atoms with Crippen LogP contribution >= 0.6 is 0 Å². The van der Waals surface area contributed by atoms with Crippen molar-refractivity contribution in [3.63, 3.8) is 0 Å². The molecule has 0 saturated carbocycles. The Morgan fingerprint density at radius 1 is 1.46 bits per heavy atom. The second-order valence-electron chi connectivity index (χ2n) is 2.01. The van der Waals surface area contributed by atoms with E-state index in [1.165, 1.54) is 0 Å². The number of halogens is 1. The quantitative estimate of drug-likeness (QED) is 0.384. The summed E-state index contributed by atoms with van der Waals surface area (Å²) in [6.07, 6.45) is 0. The number of carbonyl (C=O) groups is 1. The summed E-state index contributed by atoms with van der Waals surface area (Å²) in [5, 5.41) is 0. The molecule has 1 aromatic carbocycles. The van der Waals surface area contributed by atoms with Gasteiger partial charge in [-0.2, -0.15) is 30.3 Å². The summed E-state index contributed by atoms with van der Waals surface area (Å²) in [4.78, 5) is 11.0. The van der Waals surface area contributed by atoms with Crippen molar-refractivity contribution in [1.82, 2.24) is 0 Å². The second-order valence-corrected chi connectivity index (χ2v) is 2.01. The molecule has 1 rings (SSSR count). The van der Waals surface area contributed by atoms with Gasteiger partial charge in [-0.15, -0.1) is 0 Å². The summed E-state index contributed by atoms with van der Waals surface area (Å²) in [6.45, 7) is 2.20. The predicted molar refractivity (Wildman–Crippen MR) is 41.2 cm³/mol. The minimum Gasteiger partial charge on any atom is -1.00 e. The van der Waals surface area contributed by atoms with E-state index in [1.54, 1.807) is 31.2 Å². The molecule has 0 fully saturated rings. The van der Waals surface area contributed by atoms with Crippen molar-refractivity contribution in [1.29, 1.82) is 0 Å². The topological polar surface area (TPSA) is 26.3 Å². The van der Waals surface area contributed by atoms with Gasteiger partial charge in [0.15, 0.2) is 0 Å². The van der Waals surface area contributed by atoms with Crippen LogP contribution in [0.1, 0.15) is 17.3 Å². The van der Waals surface area contributed by atoms with Crippen LogP contribution in [0.4, 0.5) is 0 Å². The van der Waals surface area contributed by atoms with Crippen molar-refractivity contribution < 1.29 is 46.0 Å². The molecule has 0 aliphatic rings. The first kappa shape index (κ1) is 15.3. The molecule has 0 spiro atoms. The van der Waals surface area contributed by atoms with Gasteiger partial charge in [0.1, 0.15) is 0 Å². The Balaban J connectivity index is 0. The molecule has 13 heavy (non-hydrogen) atoms. The summed E-state index contributed by atoms with van der Waals surface area (Å²) in [5.74, 6) is -0.276. The maximum Gasteiger partial charge on any atom is 2.00 e. The molecule has 0 N–H and O–H groups in total. The Bertz CT molecular complexity index is 239. The van der Waals surface area contributed by atoms with Gasteiger partial charge in [0.05, 0.1) is 6.61 Å². The van der Waals surface area contributed by atoms with Gasteiger partial charge >= 0.3 is 25.4 Å². The van der Waals surface area contributed by atoms with Crippen LogP contribution in [0.2, 0.25) is 0 Å². The predicted octanol–water partition coefficient (Wildman–Crippen LogP) is -1.34. The zero-order valence-corrected chi connectivity index (χ0v) is 12.0. The number of rotatable bonds is 2. The van der Waals surface area contributed by atoms with Crippen LogP contribution in [0.15, 0.2) is 24.3 Å². The third kappa shape index (κ3) is 5.17. The van der Waals surface area contributed by atoms with E-state index in [0.717, 1.165) is 0 Å². The van der Waals surface area contributed by atoms with Crippen molar-refractivity contribution >= 4 is 5.97 Å². The summed E-state index contributed by atoms with van der Waals surface area (Å²) in [7, 11) is 0. The van der Waals surface area contributed by atoms with Crippen molar-refractivity contribution in [2.45, 2.75) is 6.92 Å². The van der Waals surface area contributed by atoms with E-state index in [9.17, 15) is 4.79 Å². The first-order valence-corrected chi connectivity index (χ1v) is 3.48. The van der Waals surface area contributed by atoms with Crippen LogP contribution in [-0.2, 0) is 24.2 Å². The smallest absolute Gasteiger partial charge is 1.00 e. The van der Waals surface area contributed by atoms with E-state index in [2.05, 4.69) is 6.07 Å². The van der Waals surface area contributed by atoms with Gasteiger partial charge in [-0.3, -0.25) is 0 Å². The third-order valence-electron chi connectivity index (χ3n) is 1.23. The molecule has 0 unspecified atom stereocenters. The normalized spacial score (nSPS) is 7.77. The molecule has 0 heterocycles.